The largest absolute Gasteiger partial charge is 0.482 e. The maximum absolute atomic E-state index is 11.1. The Hall–Kier alpha value is -1.55. The molecule has 0 fully saturated rings. The van der Waals surface area contributed by atoms with E-state index < -0.39 is 0 Å². The number of hydrogen-bond acceptors (Lipinski definition) is 3. The van der Waals surface area contributed by atoms with Crippen LogP contribution < -0.4 is 10.1 Å². The molecule has 15 heavy (non-hydrogen) atoms. The number of benzene rings is 1. The van der Waals surface area contributed by atoms with Gasteiger partial charge in [0.15, 0.2) is 6.61 Å². The van der Waals surface area contributed by atoms with E-state index >= 15 is 0 Å². The molecule has 0 aromatic heterocycles. The maximum Gasteiger partial charge on any atom is 0.262 e. The van der Waals surface area contributed by atoms with Crippen LogP contribution in [-0.2, 0) is 11.2 Å². The molecule has 0 atom stereocenters. The van der Waals surface area contributed by atoms with Gasteiger partial charge in [-0.25, -0.2) is 0 Å². The number of fused-ring (bicyclic) bond motifs is 1. The van der Waals surface area contributed by atoms with Crippen LogP contribution >= 0.6 is 0 Å². The highest BCUT2D eigenvalue weighted by atomic mass is 16.5. The van der Waals surface area contributed by atoms with E-state index in [2.05, 4.69) is 5.32 Å². The number of hydrogen-bond donors (Lipinski definition) is 2. The number of carbonyl (C=O) groups excluding carboxylic acids is 1. The van der Waals surface area contributed by atoms with E-state index in [0.29, 0.717) is 5.75 Å². The van der Waals surface area contributed by atoms with Gasteiger partial charge < -0.3 is 15.2 Å². The molecule has 1 aromatic rings. The summed E-state index contributed by atoms with van der Waals surface area (Å²) in [5.41, 5.74) is 1.82. The van der Waals surface area contributed by atoms with Gasteiger partial charge in [0.1, 0.15) is 5.75 Å². The average Bonchev–Trinajstić information content (AvgIpc) is 2.25. The van der Waals surface area contributed by atoms with Crippen molar-refractivity contribution in [3.05, 3.63) is 23.8 Å². The molecule has 0 bridgehead atoms. The molecule has 4 nitrogen and oxygen atoms in total. The van der Waals surface area contributed by atoms with E-state index in [9.17, 15) is 4.79 Å². The van der Waals surface area contributed by atoms with Crippen molar-refractivity contribution in [3.63, 3.8) is 0 Å². The molecule has 0 radical (unpaired) electrons. The van der Waals surface area contributed by atoms with E-state index in [1.165, 1.54) is 0 Å². The summed E-state index contributed by atoms with van der Waals surface area (Å²) in [5.74, 6) is 0.587. The second-order valence-corrected chi connectivity index (χ2v) is 3.49. The van der Waals surface area contributed by atoms with Gasteiger partial charge in [-0.05, 0) is 30.5 Å². The van der Waals surface area contributed by atoms with E-state index in [-0.39, 0.29) is 19.1 Å². The minimum absolute atomic E-state index is 0.0863. The van der Waals surface area contributed by atoms with Gasteiger partial charge in [0.05, 0.1) is 5.69 Å². The zero-order chi connectivity index (χ0) is 10.7. The predicted octanol–water partition coefficient (Wildman–Crippen LogP) is 0.942. The van der Waals surface area contributed by atoms with Gasteiger partial charge in [0, 0.05) is 6.61 Å². The van der Waals surface area contributed by atoms with Gasteiger partial charge >= 0.3 is 0 Å². The number of amides is 1. The van der Waals surface area contributed by atoms with Crippen LogP contribution in [0.4, 0.5) is 5.69 Å². The number of aryl methyl sites for hydroxylation is 1. The standard InChI is InChI=1S/C11H13NO3/c13-5-1-2-8-3-4-10-9(6-8)12-11(14)7-15-10/h3-4,6,13H,1-2,5,7H2,(H,12,14). The molecule has 1 aliphatic heterocycles. The van der Waals surface area contributed by atoms with E-state index in [0.717, 1.165) is 24.1 Å². The van der Waals surface area contributed by atoms with Gasteiger partial charge in [-0.3, -0.25) is 4.79 Å². The summed E-state index contributed by atoms with van der Waals surface area (Å²) in [6.07, 6.45) is 1.53. The van der Waals surface area contributed by atoms with Gasteiger partial charge in [0.2, 0.25) is 0 Å². The lowest BCUT2D eigenvalue weighted by molar-refractivity contribution is -0.118. The number of carbonyl (C=O) groups is 1. The summed E-state index contributed by atoms with van der Waals surface area (Å²) < 4.78 is 5.23. The molecular formula is C11H13NO3. The second kappa shape index (κ2) is 4.31. The van der Waals surface area contributed by atoms with Crippen molar-refractivity contribution < 1.29 is 14.6 Å². The number of aliphatic hydroxyl groups is 1. The van der Waals surface area contributed by atoms with Crippen molar-refractivity contribution in [1.82, 2.24) is 0 Å². The highest BCUT2D eigenvalue weighted by Gasteiger charge is 2.15. The summed E-state index contributed by atoms with van der Waals surface area (Å²) in [5, 5.41) is 11.5. The Kier molecular flexibility index (Phi) is 2.87. The van der Waals surface area contributed by atoms with Crippen LogP contribution in [0.5, 0.6) is 5.75 Å². The Labute approximate surface area is 87.9 Å². The molecule has 0 aliphatic carbocycles. The first kappa shape index (κ1) is 9.98. The third kappa shape index (κ3) is 2.27. The summed E-state index contributed by atoms with van der Waals surface area (Å²) in [7, 11) is 0. The van der Waals surface area contributed by atoms with Crippen molar-refractivity contribution in [1.29, 1.82) is 0 Å². The zero-order valence-electron chi connectivity index (χ0n) is 8.32. The molecular weight excluding hydrogens is 194 g/mol. The van der Waals surface area contributed by atoms with Crippen molar-refractivity contribution >= 4 is 11.6 Å². The van der Waals surface area contributed by atoms with Crippen molar-refractivity contribution in [2.75, 3.05) is 18.5 Å². The van der Waals surface area contributed by atoms with Gasteiger partial charge in [-0.15, -0.1) is 0 Å². The van der Waals surface area contributed by atoms with Crippen molar-refractivity contribution in [3.8, 4) is 5.75 Å². The third-order valence-corrected chi connectivity index (χ3v) is 2.30. The first-order chi connectivity index (χ1) is 7.29. The molecule has 0 saturated carbocycles. The summed E-state index contributed by atoms with van der Waals surface area (Å²) in [6.45, 7) is 0.267. The van der Waals surface area contributed by atoms with Crippen molar-refractivity contribution in [2.45, 2.75) is 12.8 Å². The fourth-order valence-electron chi connectivity index (χ4n) is 1.57. The second-order valence-electron chi connectivity index (χ2n) is 3.49. The highest BCUT2D eigenvalue weighted by Crippen LogP contribution is 2.28. The Morgan fingerprint density at radius 1 is 1.47 bits per heavy atom. The topological polar surface area (TPSA) is 58.6 Å². The lowest BCUT2D eigenvalue weighted by Gasteiger charge is -2.18. The average molecular weight is 207 g/mol. The van der Waals surface area contributed by atoms with Crippen LogP contribution in [0.3, 0.4) is 0 Å². The lowest BCUT2D eigenvalue weighted by atomic mass is 10.1. The number of rotatable bonds is 3. The van der Waals surface area contributed by atoms with Crippen LogP contribution in [0, 0.1) is 0 Å². The highest BCUT2D eigenvalue weighted by molar-refractivity contribution is 5.95. The molecule has 4 heteroatoms. The van der Waals surface area contributed by atoms with Crippen LogP contribution in [-0.4, -0.2) is 24.2 Å². The molecule has 2 N–H and O–H groups in total. The first-order valence-electron chi connectivity index (χ1n) is 4.96. The normalized spacial score (nSPS) is 14.1. The molecule has 0 spiro atoms. The van der Waals surface area contributed by atoms with Crippen LogP contribution in [0.15, 0.2) is 18.2 Å². The smallest absolute Gasteiger partial charge is 0.262 e. The fourth-order valence-corrected chi connectivity index (χ4v) is 1.57. The van der Waals surface area contributed by atoms with E-state index in [4.69, 9.17) is 9.84 Å². The Bertz CT molecular complexity index is 376. The van der Waals surface area contributed by atoms with Crippen LogP contribution in [0.2, 0.25) is 0 Å². The zero-order valence-corrected chi connectivity index (χ0v) is 8.32. The molecule has 80 valence electrons. The predicted molar refractivity (Wildman–Crippen MR) is 56.0 cm³/mol. The van der Waals surface area contributed by atoms with Gasteiger partial charge in [-0.1, -0.05) is 6.07 Å². The molecule has 1 amide bonds. The first-order valence-corrected chi connectivity index (χ1v) is 4.96. The van der Waals surface area contributed by atoms with Crippen LogP contribution in [0.1, 0.15) is 12.0 Å². The Balaban J connectivity index is 2.17. The summed E-state index contributed by atoms with van der Waals surface area (Å²) in [6, 6.07) is 5.69. The van der Waals surface area contributed by atoms with Gasteiger partial charge in [0.25, 0.3) is 5.91 Å². The minimum atomic E-state index is -0.123. The number of nitrogens with one attached hydrogen (secondary N) is 1. The lowest BCUT2D eigenvalue weighted by Crippen LogP contribution is -2.25. The monoisotopic (exact) mass is 207 g/mol. The molecule has 1 aromatic carbocycles. The summed E-state index contributed by atoms with van der Waals surface area (Å²) in [4.78, 5) is 11.1. The quantitative estimate of drug-likeness (QED) is 0.775. The molecule has 0 unspecified atom stereocenters. The fraction of sp³-hybridized carbons (Fsp3) is 0.364. The minimum Gasteiger partial charge on any atom is -0.482 e. The van der Waals surface area contributed by atoms with Crippen molar-refractivity contribution in [2.24, 2.45) is 0 Å². The van der Waals surface area contributed by atoms with Crippen LogP contribution in [0.25, 0.3) is 0 Å². The number of ether oxygens (including phenoxy) is 1. The maximum atomic E-state index is 11.1. The summed E-state index contributed by atoms with van der Waals surface area (Å²) >= 11 is 0. The number of anilines is 1. The SMILES string of the molecule is O=C1COc2ccc(CCCO)cc2N1. The van der Waals surface area contributed by atoms with Gasteiger partial charge in [-0.2, -0.15) is 0 Å². The third-order valence-electron chi connectivity index (χ3n) is 2.30. The Morgan fingerprint density at radius 3 is 3.13 bits per heavy atom. The Morgan fingerprint density at radius 2 is 2.33 bits per heavy atom. The molecule has 0 saturated heterocycles. The molecule has 1 heterocycles. The van der Waals surface area contributed by atoms with E-state index in [1.54, 1.807) is 0 Å². The number of aliphatic hydroxyl groups excluding tert-OH is 1. The molecule has 1 aliphatic rings. The molecule has 2 rings (SSSR count). The van der Waals surface area contributed by atoms with E-state index in [1.807, 2.05) is 18.2 Å².